The van der Waals surface area contributed by atoms with Crippen LogP contribution in [0.2, 0.25) is 0 Å². The van der Waals surface area contributed by atoms with Crippen LogP contribution in [0.25, 0.3) is 0 Å². The van der Waals surface area contributed by atoms with Crippen molar-refractivity contribution in [3.05, 3.63) is 35.4 Å². The Morgan fingerprint density at radius 1 is 1.59 bits per heavy atom. The molecule has 3 nitrogen and oxygen atoms in total. The molecule has 1 aliphatic heterocycles. The number of amides is 1. The molecule has 1 aromatic rings. The summed E-state index contributed by atoms with van der Waals surface area (Å²) >= 11 is 1.83. The molecule has 1 atom stereocenters. The minimum Gasteiger partial charge on any atom is -0.351 e. The highest BCUT2D eigenvalue weighted by molar-refractivity contribution is 7.99. The Morgan fingerprint density at radius 3 is 3.18 bits per heavy atom. The molecule has 1 amide bonds. The quantitative estimate of drug-likeness (QED) is 0.850. The van der Waals surface area contributed by atoms with Gasteiger partial charge in [0.15, 0.2) is 0 Å². The number of carbonyl (C=O) groups excluding carboxylic acids is 1. The second kappa shape index (κ2) is 6.07. The average molecular weight is 250 g/mol. The van der Waals surface area contributed by atoms with Gasteiger partial charge < -0.3 is 10.6 Å². The van der Waals surface area contributed by atoms with Crippen molar-refractivity contribution >= 4 is 17.7 Å². The van der Waals surface area contributed by atoms with Crippen LogP contribution in [0.5, 0.6) is 0 Å². The molecule has 1 heterocycles. The van der Waals surface area contributed by atoms with Crippen LogP contribution in [-0.4, -0.2) is 30.0 Å². The molecule has 2 N–H and O–H groups in total. The van der Waals surface area contributed by atoms with E-state index in [2.05, 4.69) is 29.7 Å². The van der Waals surface area contributed by atoms with Gasteiger partial charge in [-0.15, -0.1) is 0 Å². The van der Waals surface area contributed by atoms with E-state index < -0.39 is 0 Å². The van der Waals surface area contributed by atoms with Crippen molar-refractivity contribution in [1.29, 1.82) is 0 Å². The Hall–Kier alpha value is -1.00. The van der Waals surface area contributed by atoms with Gasteiger partial charge in [-0.25, -0.2) is 0 Å². The molecule has 1 fully saturated rings. The molecule has 2 rings (SSSR count). The van der Waals surface area contributed by atoms with E-state index in [1.165, 1.54) is 5.56 Å². The minimum absolute atomic E-state index is 0.0291. The smallest absolute Gasteiger partial charge is 0.238 e. The monoisotopic (exact) mass is 250 g/mol. The van der Waals surface area contributed by atoms with Crippen LogP contribution < -0.4 is 10.6 Å². The molecule has 1 unspecified atom stereocenters. The predicted molar refractivity (Wildman–Crippen MR) is 72.1 cm³/mol. The third-order valence-corrected chi connectivity index (χ3v) is 3.85. The third-order valence-electron chi connectivity index (χ3n) is 2.79. The Labute approximate surface area is 106 Å². The van der Waals surface area contributed by atoms with Gasteiger partial charge in [-0.2, -0.15) is 11.8 Å². The zero-order chi connectivity index (χ0) is 12.1. The summed E-state index contributed by atoms with van der Waals surface area (Å²) in [6.07, 6.45) is 0. The van der Waals surface area contributed by atoms with Gasteiger partial charge in [-0.1, -0.05) is 29.8 Å². The Bertz CT molecular complexity index is 389. The minimum atomic E-state index is -0.0291. The molecule has 1 aromatic carbocycles. The van der Waals surface area contributed by atoms with E-state index in [0.29, 0.717) is 6.54 Å². The number of nitrogens with one attached hydrogen (secondary N) is 2. The SMILES string of the molecule is Cc1cccc(CNC(=O)C2CSCCN2)c1. The standard InChI is InChI=1S/C13H18N2OS/c1-10-3-2-4-11(7-10)8-15-13(16)12-9-17-6-5-14-12/h2-4,7,12,14H,5-6,8-9H2,1H3,(H,15,16). The molecule has 0 aliphatic carbocycles. The van der Waals surface area contributed by atoms with E-state index in [9.17, 15) is 4.79 Å². The maximum Gasteiger partial charge on any atom is 0.238 e. The van der Waals surface area contributed by atoms with Crippen molar-refractivity contribution in [1.82, 2.24) is 10.6 Å². The van der Waals surface area contributed by atoms with Crippen molar-refractivity contribution in [2.45, 2.75) is 19.5 Å². The van der Waals surface area contributed by atoms with Crippen molar-refractivity contribution in [3.8, 4) is 0 Å². The zero-order valence-corrected chi connectivity index (χ0v) is 10.8. The van der Waals surface area contributed by atoms with E-state index in [0.717, 1.165) is 23.6 Å². The summed E-state index contributed by atoms with van der Waals surface area (Å²) in [6, 6.07) is 8.19. The number of carbonyl (C=O) groups is 1. The molecule has 1 aliphatic rings. The molecule has 0 spiro atoms. The fraction of sp³-hybridized carbons (Fsp3) is 0.462. The normalized spacial score (nSPS) is 19.9. The molecule has 0 radical (unpaired) electrons. The van der Waals surface area contributed by atoms with E-state index in [1.54, 1.807) is 0 Å². The maximum absolute atomic E-state index is 11.9. The van der Waals surface area contributed by atoms with Crippen LogP contribution >= 0.6 is 11.8 Å². The summed E-state index contributed by atoms with van der Waals surface area (Å²) in [6.45, 7) is 3.60. The van der Waals surface area contributed by atoms with Gasteiger partial charge in [-0.05, 0) is 12.5 Å². The number of benzene rings is 1. The average Bonchev–Trinajstić information content (AvgIpc) is 2.37. The van der Waals surface area contributed by atoms with Crippen molar-refractivity contribution in [3.63, 3.8) is 0 Å². The molecule has 0 aromatic heterocycles. The number of thioether (sulfide) groups is 1. The maximum atomic E-state index is 11.9. The number of rotatable bonds is 3. The molecular formula is C13H18N2OS. The molecule has 0 saturated carbocycles. The summed E-state index contributed by atoms with van der Waals surface area (Å²) in [7, 11) is 0. The van der Waals surface area contributed by atoms with Gasteiger partial charge in [0.25, 0.3) is 0 Å². The van der Waals surface area contributed by atoms with Gasteiger partial charge in [0, 0.05) is 24.6 Å². The van der Waals surface area contributed by atoms with E-state index in [-0.39, 0.29) is 11.9 Å². The zero-order valence-electron chi connectivity index (χ0n) is 10.0. The molecule has 4 heteroatoms. The van der Waals surface area contributed by atoms with Crippen LogP contribution in [0.4, 0.5) is 0 Å². The lowest BCUT2D eigenvalue weighted by Crippen LogP contribution is -2.48. The Morgan fingerprint density at radius 2 is 2.47 bits per heavy atom. The summed E-state index contributed by atoms with van der Waals surface area (Å²) in [4.78, 5) is 11.9. The van der Waals surface area contributed by atoms with Gasteiger partial charge in [-0.3, -0.25) is 4.79 Å². The summed E-state index contributed by atoms with van der Waals surface area (Å²) in [5.41, 5.74) is 2.38. The topological polar surface area (TPSA) is 41.1 Å². The second-order valence-electron chi connectivity index (χ2n) is 4.29. The van der Waals surface area contributed by atoms with Crippen LogP contribution in [0.1, 0.15) is 11.1 Å². The Kier molecular flexibility index (Phi) is 4.45. The van der Waals surface area contributed by atoms with Crippen LogP contribution in [-0.2, 0) is 11.3 Å². The molecule has 17 heavy (non-hydrogen) atoms. The van der Waals surface area contributed by atoms with Gasteiger partial charge >= 0.3 is 0 Å². The highest BCUT2D eigenvalue weighted by Crippen LogP contribution is 2.08. The summed E-state index contributed by atoms with van der Waals surface area (Å²) in [5, 5.41) is 6.21. The van der Waals surface area contributed by atoms with Crippen LogP contribution in [0.3, 0.4) is 0 Å². The summed E-state index contributed by atoms with van der Waals surface area (Å²) in [5.74, 6) is 2.08. The van der Waals surface area contributed by atoms with Gasteiger partial charge in [0.1, 0.15) is 0 Å². The second-order valence-corrected chi connectivity index (χ2v) is 5.44. The first kappa shape index (κ1) is 12.5. The number of hydrogen-bond acceptors (Lipinski definition) is 3. The van der Waals surface area contributed by atoms with E-state index in [1.807, 2.05) is 23.9 Å². The lowest BCUT2D eigenvalue weighted by atomic mass is 10.1. The van der Waals surface area contributed by atoms with E-state index in [4.69, 9.17) is 0 Å². The molecule has 1 saturated heterocycles. The lowest BCUT2D eigenvalue weighted by Gasteiger charge is -2.22. The first-order valence-corrected chi connectivity index (χ1v) is 7.05. The fourth-order valence-electron chi connectivity index (χ4n) is 1.87. The largest absolute Gasteiger partial charge is 0.351 e. The first-order chi connectivity index (χ1) is 8.25. The number of hydrogen-bond donors (Lipinski definition) is 2. The van der Waals surface area contributed by atoms with Crippen molar-refractivity contribution < 1.29 is 4.79 Å². The van der Waals surface area contributed by atoms with Crippen molar-refractivity contribution in [2.24, 2.45) is 0 Å². The number of aryl methyl sites for hydroxylation is 1. The summed E-state index contributed by atoms with van der Waals surface area (Å²) < 4.78 is 0. The third kappa shape index (κ3) is 3.75. The molecule has 92 valence electrons. The highest BCUT2D eigenvalue weighted by Gasteiger charge is 2.20. The highest BCUT2D eigenvalue weighted by atomic mass is 32.2. The van der Waals surface area contributed by atoms with Gasteiger partial charge in [0.05, 0.1) is 6.04 Å². The van der Waals surface area contributed by atoms with Crippen LogP contribution in [0, 0.1) is 6.92 Å². The Balaban J connectivity index is 1.83. The predicted octanol–water partition coefficient (Wildman–Crippen LogP) is 1.32. The molecular weight excluding hydrogens is 232 g/mol. The fourth-order valence-corrected chi connectivity index (χ4v) is 2.80. The first-order valence-electron chi connectivity index (χ1n) is 5.90. The van der Waals surface area contributed by atoms with E-state index >= 15 is 0 Å². The van der Waals surface area contributed by atoms with Gasteiger partial charge in [0.2, 0.25) is 5.91 Å². The van der Waals surface area contributed by atoms with Crippen LogP contribution in [0.15, 0.2) is 24.3 Å². The lowest BCUT2D eigenvalue weighted by molar-refractivity contribution is -0.122. The van der Waals surface area contributed by atoms with Crippen molar-refractivity contribution in [2.75, 3.05) is 18.1 Å². The molecule has 0 bridgehead atoms.